The summed E-state index contributed by atoms with van der Waals surface area (Å²) in [6, 6.07) is 14.4. The Labute approximate surface area is 187 Å². The summed E-state index contributed by atoms with van der Waals surface area (Å²) in [6.45, 7) is 1.21. The summed E-state index contributed by atoms with van der Waals surface area (Å²) >= 11 is 0. The van der Waals surface area contributed by atoms with E-state index in [1.807, 2.05) is 36.4 Å². The van der Waals surface area contributed by atoms with Gasteiger partial charge in [-0.1, -0.05) is 30.3 Å². The van der Waals surface area contributed by atoms with Crippen LogP contribution in [0.15, 0.2) is 53.5 Å². The van der Waals surface area contributed by atoms with Crippen molar-refractivity contribution in [2.24, 2.45) is 4.99 Å². The molecule has 1 fully saturated rings. The highest BCUT2D eigenvalue weighted by atomic mass is 127. The molecule has 6 nitrogen and oxygen atoms in total. The Bertz CT molecular complexity index is 854. The first-order chi connectivity index (χ1) is 13.6. The van der Waals surface area contributed by atoms with Crippen molar-refractivity contribution in [1.29, 1.82) is 0 Å². The van der Waals surface area contributed by atoms with Crippen LogP contribution in [0.3, 0.4) is 0 Å². The molecule has 0 heterocycles. The first-order valence-electron chi connectivity index (χ1n) is 9.20. The van der Waals surface area contributed by atoms with Crippen molar-refractivity contribution in [1.82, 2.24) is 10.6 Å². The molecular formula is C21H26FIN4O2. The van der Waals surface area contributed by atoms with Crippen molar-refractivity contribution >= 4 is 41.7 Å². The van der Waals surface area contributed by atoms with Crippen molar-refractivity contribution in [3.8, 4) is 0 Å². The molecule has 29 heavy (non-hydrogen) atoms. The van der Waals surface area contributed by atoms with Gasteiger partial charge in [-0.05, 0) is 42.2 Å². The van der Waals surface area contributed by atoms with Crippen molar-refractivity contribution in [2.45, 2.75) is 24.8 Å². The predicted octanol–water partition coefficient (Wildman–Crippen LogP) is 4.02. The molecule has 156 valence electrons. The molecule has 0 aromatic heterocycles. The maximum absolute atomic E-state index is 14.1. The van der Waals surface area contributed by atoms with Crippen LogP contribution in [0.5, 0.6) is 0 Å². The molecule has 0 radical (unpaired) electrons. The maximum Gasteiger partial charge on any atom is 0.411 e. The van der Waals surface area contributed by atoms with E-state index in [-0.39, 0.29) is 35.2 Å². The van der Waals surface area contributed by atoms with E-state index >= 15 is 0 Å². The van der Waals surface area contributed by atoms with Gasteiger partial charge in [0.25, 0.3) is 0 Å². The van der Waals surface area contributed by atoms with E-state index in [1.165, 1.54) is 13.2 Å². The van der Waals surface area contributed by atoms with Crippen molar-refractivity contribution < 1.29 is 13.9 Å². The normalized spacial score (nSPS) is 14.4. The number of methoxy groups -OCH3 is 1. The van der Waals surface area contributed by atoms with Gasteiger partial charge in [0.2, 0.25) is 0 Å². The molecule has 1 aliphatic carbocycles. The molecule has 0 aliphatic heterocycles. The van der Waals surface area contributed by atoms with Gasteiger partial charge in [-0.15, -0.1) is 24.0 Å². The number of nitrogens with one attached hydrogen (secondary N) is 3. The van der Waals surface area contributed by atoms with Crippen LogP contribution < -0.4 is 16.0 Å². The minimum Gasteiger partial charge on any atom is -0.453 e. The lowest BCUT2D eigenvalue weighted by Gasteiger charge is -2.19. The van der Waals surface area contributed by atoms with Crippen LogP contribution in [0.1, 0.15) is 24.0 Å². The number of nitrogens with zero attached hydrogens (tertiary/aromatic N) is 1. The second-order valence-electron chi connectivity index (χ2n) is 6.85. The molecule has 8 heteroatoms. The lowest BCUT2D eigenvalue weighted by molar-refractivity contribution is 0.187. The Morgan fingerprint density at radius 2 is 1.83 bits per heavy atom. The average Bonchev–Trinajstić information content (AvgIpc) is 3.50. The molecule has 1 amide bonds. The fraction of sp³-hybridized carbons (Fsp3) is 0.333. The Morgan fingerprint density at radius 3 is 2.41 bits per heavy atom. The molecule has 3 N–H and O–H groups in total. The number of benzene rings is 2. The summed E-state index contributed by atoms with van der Waals surface area (Å²) in [5.74, 6) is 0.518. The monoisotopic (exact) mass is 512 g/mol. The number of ether oxygens (including phenoxy) is 1. The number of guanidine groups is 1. The van der Waals surface area contributed by atoms with E-state index < -0.39 is 6.09 Å². The minimum atomic E-state index is -0.501. The zero-order valence-corrected chi connectivity index (χ0v) is 18.8. The Balaban J connectivity index is 0.00000300. The van der Waals surface area contributed by atoms with Crippen molar-refractivity contribution in [3.05, 3.63) is 65.5 Å². The third kappa shape index (κ3) is 6.06. The fourth-order valence-electron chi connectivity index (χ4n) is 3.12. The van der Waals surface area contributed by atoms with Gasteiger partial charge in [0.1, 0.15) is 5.82 Å². The van der Waals surface area contributed by atoms with Crippen LogP contribution in [-0.4, -0.2) is 32.8 Å². The van der Waals surface area contributed by atoms with Crippen molar-refractivity contribution in [3.63, 3.8) is 0 Å². The quantitative estimate of drug-likeness (QED) is 0.311. The van der Waals surface area contributed by atoms with Gasteiger partial charge in [0, 0.05) is 31.2 Å². The first-order valence-corrected chi connectivity index (χ1v) is 9.20. The summed E-state index contributed by atoms with van der Waals surface area (Å²) < 4.78 is 18.7. The molecule has 0 atom stereocenters. The van der Waals surface area contributed by atoms with Gasteiger partial charge in [-0.25, -0.2) is 9.18 Å². The highest BCUT2D eigenvalue weighted by Gasteiger charge is 2.45. The van der Waals surface area contributed by atoms with Crippen molar-refractivity contribution in [2.75, 3.05) is 26.0 Å². The zero-order valence-electron chi connectivity index (χ0n) is 16.5. The van der Waals surface area contributed by atoms with Gasteiger partial charge >= 0.3 is 6.09 Å². The number of hydrogen-bond acceptors (Lipinski definition) is 3. The van der Waals surface area contributed by atoms with Crippen LogP contribution in [0, 0.1) is 5.82 Å². The largest absolute Gasteiger partial charge is 0.453 e. The number of hydrogen-bond donors (Lipinski definition) is 3. The van der Waals surface area contributed by atoms with Crippen LogP contribution in [0.2, 0.25) is 0 Å². The summed E-state index contributed by atoms with van der Waals surface area (Å²) in [5, 5.41) is 9.18. The smallest absolute Gasteiger partial charge is 0.411 e. The standard InChI is InChI=1S/C21H25FN4O2.HI/c1-23-19(24-13-15-7-9-16(10-8-15)26-20(27)28-2)25-14-21(11-12-21)17-5-3-4-6-18(17)22;/h3-10H,11-14H2,1-2H3,(H,26,27)(H2,23,24,25);1H. The summed E-state index contributed by atoms with van der Waals surface area (Å²) in [7, 11) is 3.03. The molecule has 1 saturated carbocycles. The number of anilines is 1. The second kappa shape index (κ2) is 10.4. The minimum absolute atomic E-state index is 0. The van der Waals surface area contributed by atoms with Gasteiger partial charge < -0.3 is 15.4 Å². The van der Waals surface area contributed by atoms with E-state index in [4.69, 9.17) is 0 Å². The average molecular weight is 512 g/mol. The summed E-state index contributed by atoms with van der Waals surface area (Å²) in [4.78, 5) is 15.5. The van der Waals surface area contributed by atoms with Gasteiger partial charge in [0.05, 0.1) is 7.11 Å². The fourth-order valence-corrected chi connectivity index (χ4v) is 3.12. The number of aliphatic imine (C=N–C) groups is 1. The predicted molar refractivity (Wildman–Crippen MR) is 123 cm³/mol. The van der Waals surface area contributed by atoms with Crippen LogP contribution in [-0.2, 0) is 16.7 Å². The number of amides is 1. The molecule has 1 aliphatic rings. The number of halogens is 2. The van der Waals surface area contributed by atoms with Gasteiger partial charge in [-0.2, -0.15) is 0 Å². The Hall–Kier alpha value is -2.36. The highest BCUT2D eigenvalue weighted by molar-refractivity contribution is 14.0. The third-order valence-corrected chi connectivity index (χ3v) is 4.96. The Morgan fingerprint density at radius 1 is 1.14 bits per heavy atom. The molecule has 0 bridgehead atoms. The number of carbonyl (C=O) groups is 1. The van der Waals surface area contributed by atoms with E-state index in [1.54, 1.807) is 13.1 Å². The third-order valence-electron chi connectivity index (χ3n) is 4.96. The molecule has 3 rings (SSSR count). The molecular weight excluding hydrogens is 486 g/mol. The highest BCUT2D eigenvalue weighted by Crippen LogP contribution is 2.48. The topological polar surface area (TPSA) is 74.8 Å². The molecule has 2 aromatic carbocycles. The Kier molecular flexibility index (Phi) is 8.24. The molecule has 0 unspecified atom stereocenters. The zero-order chi connectivity index (χ0) is 20.0. The molecule has 0 spiro atoms. The van der Waals surface area contributed by atoms with Crippen LogP contribution >= 0.6 is 24.0 Å². The number of carbonyl (C=O) groups excluding carboxylic acids is 1. The van der Waals surface area contributed by atoms with Gasteiger partial charge in [-0.3, -0.25) is 10.3 Å². The molecule has 2 aromatic rings. The van der Waals surface area contributed by atoms with E-state index in [2.05, 4.69) is 25.7 Å². The lowest BCUT2D eigenvalue weighted by Crippen LogP contribution is -2.41. The summed E-state index contributed by atoms with van der Waals surface area (Å²) in [6.07, 6.45) is 1.43. The van der Waals surface area contributed by atoms with Gasteiger partial charge in [0.15, 0.2) is 5.96 Å². The van der Waals surface area contributed by atoms with Crippen LogP contribution in [0.25, 0.3) is 0 Å². The van der Waals surface area contributed by atoms with Crippen LogP contribution in [0.4, 0.5) is 14.9 Å². The first kappa shape index (κ1) is 22.9. The molecule has 0 saturated heterocycles. The van der Waals surface area contributed by atoms with E-state index in [0.717, 1.165) is 24.0 Å². The SMILES string of the molecule is CN=C(NCc1ccc(NC(=O)OC)cc1)NCC1(c2ccccc2F)CC1.I. The lowest BCUT2D eigenvalue weighted by atomic mass is 9.95. The van der Waals surface area contributed by atoms with E-state index in [9.17, 15) is 9.18 Å². The second-order valence-corrected chi connectivity index (χ2v) is 6.85. The number of rotatable bonds is 6. The maximum atomic E-state index is 14.1. The van der Waals surface area contributed by atoms with E-state index in [0.29, 0.717) is 24.7 Å². The summed E-state index contributed by atoms with van der Waals surface area (Å²) in [5.41, 5.74) is 2.32.